The molecular weight excluding hydrogens is 280 g/mol. The number of methoxy groups -OCH3 is 1. The molecule has 0 heterocycles. The van der Waals surface area contributed by atoms with Gasteiger partial charge in [0.25, 0.3) is 0 Å². The normalized spacial score (nSPS) is 12.2. The minimum absolute atomic E-state index is 0.496. The van der Waals surface area contributed by atoms with Crippen molar-refractivity contribution < 1.29 is 9.84 Å². The van der Waals surface area contributed by atoms with Gasteiger partial charge in [-0.25, -0.2) is 0 Å². The van der Waals surface area contributed by atoms with Crippen LogP contribution in [-0.4, -0.2) is 18.0 Å². The first kappa shape index (κ1) is 14.3. The van der Waals surface area contributed by atoms with Crippen LogP contribution < -0.4 is 4.74 Å². The molecule has 1 N–H and O–H groups in total. The Labute approximate surface area is 122 Å². The Morgan fingerprint density at radius 2 is 1.74 bits per heavy atom. The number of aliphatic hydroxyl groups excluding tert-OH is 1. The molecule has 0 fully saturated rings. The van der Waals surface area contributed by atoms with E-state index in [1.165, 1.54) is 0 Å². The summed E-state index contributed by atoms with van der Waals surface area (Å²) in [5.74, 6) is 1.44. The molecule has 0 saturated carbocycles. The van der Waals surface area contributed by atoms with Crippen LogP contribution in [0.25, 0.3) is 0 Å². The number of hydrogen-bond acceptors (Lipinski definition) is 3. The topological polar surface area (TPSA) is 29.5 Å². The van der Waals surface area contributed by atoms with Gasteiger partial charge in [-0.2, -0.15) is 0 Å². The predicted octanol–water partition coefficient (Wildman–Crippen LogP) is 4.17. The zero-order valence-electron chi connectivity index (χ0n) is 10.5. The van der Waals surface area contributed by atoms with Crippen LogP contribution in [-0.2, 0) is 0 Å². The number of halogens is 1. The van der Waals surface area contributed by atoms with Crippen LogP contribution in [0, 0.1) is 0 Å². The van der Waals surface area contributed by atoms with E-state index in [4.69, 9.17) is 16.3 Å². The highest BCUT2D eigenvalue weighted by molar-refractivity contribution is 7.99. The molecule has 2 aromatic rings. The molecule has 0 amide bonds. The van der Waals surface area contributed by atoms with E-state index in [1.54, 1.807) is 31.0 Å². The second-order valence-corrected chi connectivity index (χ2v) is 5.58. The molecule has 0 saturated heterocycles. The molecule has 1 unspecified atom stereocenters. The summed E-state index contributed by atoms with van der Waals surface area (Å²) >= 11 is 7.43. The minimum atomic E-state index is -0.496. The Bertz CT molecular complexity index is 511. The van der Waals surface area contributed by atoms with Gasteiger partial charge in [0.15, 0.2) is 0 Å². The first-order valence-electron chi connectivity index (χ1n) is 5.89. The number of thioether (sulfide) groups is 1. The summed E-state index contributed by atoms with van der Waals surface area (Å²) in [4.78, 5) is 1.11. The summed E-state index contributed by atoms with van der Waals surface area (Å²) in [7, 11) is 1.65. The number of rotatable bonds is 5. The first-order valence-corrected chi connectivity index (χ1v) is 7.26. The molecule has 0 aliphatic rings. The van der Waals surface area contributed by atoms with Gasteiger partial charge in [0.05, 0.1) is 13.2 Å². The van der Waals surface area contributed by atoms with E-state index < -0.39 is 6.10 Å². The van der Waals surface area contributed by atoms with Gasteiger partial charge in [0, 0.05) is 15.7 Å². The quantitative estimate of drug-likeness (QED) is 0.839. The molecule has 2 rings (SSSR count). The lowest BCUT2D eigenvalue weighted by Crippen LogP contribution is -2.00. The lowest BCUT2D eigenvalue weighted by Gasteiger charge is -2.11. The molecule has 0 aromatic heterocycles. The van der Waals surface area contributed by atoms with Gasteiger partial charge in [-0.15, -0.1) is 11.8 Å². The third-order valence-electron chi connectivity index (χ3n) is 2.72. The van der Waals surface area contributed by atoms with E-state index >= 15 is 0 Å². The number of aliphatic hydroxyl groups is 1. The number of benzene rings is 2. The van der Waals surface area contributed by atoms with Crippen molar-refractivity contribution in [2.45, 2.75) is 11.0 Å². The van der Waals surface area contributed by atoms with Crippen molar-refractivity contribution in [3.63, 3.8) is 0 Å². The van der Waals surface area contributed by atoms with Crippen molar-refractivity contribution in [3.05, 3.63) is 59.1 Å². The molecule has 1 atom stereocenters. The molecule has 2 nitrogen and oxygen atoms in total. The summed E-state index contributed by atoms with van der Waals surface area (Å²) in [5, 5.41) is 10.8. The highest BCUT2D eigenvalue weighted by Gasteiger charge is 2.08. The summed E-state index contributed by atoms with van der Waals surface area (Å²) in [6.07, 6.45) is -0.496. The van der Waals surface area contributed by atoms with Crippen molar-refractivity contribution in [2.75, 3.05) is 12.9 Å². The van der Waals surface area contributed by atoms with Crippen molar-refractivity contribution in [2.24, 2.45) is 0 Å². The van der Waals surface area contributed by atoms with E-state index in [0.29, 0.717) is 10.8 Å². The molecule has 0 aliphatic carbocycles. The standard InChI is InChI=1S/C15H15ClO2S/c1-18-13-6-8-14(9-7-13)19-10-15(17)11-2-4-12(16)5-3-11/h2-9,15,17H,10H2,1H3. The van der Waals surface area contributed by atoms with Crippen LogP contribution in [0.1, 0.15) is 11.7 Å². The number of hydrogen-bond donors (Lipinski definition) is 1. The Morgan fingerprint density at radius 3 is 2.32 bits per heavy atom. The fraction of sp³-hybridized carbons (Fsp3) is 0.200. The van der Waals surface area contributed by atoms with Crippen LogP contribution in [0.3, 0.4) is 0 Å². The van der Waals surface area contributed by atoms with Crippen LogP contribution in [0.5, 0.6) is 5.75 Å². The molecule has 0 spiro atoms. The van der Waals surface area contributed by atoms with E-state index in [2.05, 4.69) is 0 Å². The summed E-state index contributed by atoms with van der Waals surface area (Å²) in [6.45, 7) is 0. The van der Waals surface area contributed by atoms with E-state index in [9.17, 15) is 5.11 Å². The zero-order valence-corrected chi connectivity index (χ0v) is 12.1. The van der Waals surface area contributed by atoms with Crippen LogP contribution in [0.2, 0.25) is 5.02 Å². The smallest absolute Gasteiger partial charge is 0.118 e. The van der Waals surface area contributed by atoms with Crippen molar-refractivity contribution >= 4 is 23.4 Å². The van der Waals surface area contributed by atoms with Gasteiger partial charge >= 0.3 is 0 Å². The predicted molar refractivity (Wildman–Crippen MR) is 80.1 cm³/mol. The van der Waals surface area contributed by atoms with Crippen LogP contribution in [0.4, 0.5) is 0 Å². The molecule has 4 heteroatoms. The van der Waals surface area contributed by atoms with Crippen molar-refractivity contribution in [1.82, 2.24) is 0 Å². The third kappa shape index (κ3) is 4.16. The SMILES string of the molecule is COc1ccc(SCC(O)c2ccc(Cl)cc2)cc1. The van der Waals surface area contributed by atoms with Gasteiger partial charge in [0.2, 0.25) is 0 Å². The van der Waals surface area contributed by atoms with Crippen LogP contribution >= 0.6 is 23.4 Å². The molecule has 0 aliphatic heterocycles. The van der Waals surface area contributed by atoms with Gasteiger partial charge in [-0.1, -0.05) is 23.7 Å². The molecule has 100 valence electrons. The monoisotopic (exact) mass is 294 g/mol. The van der Waals surface area contributed by atoms with Crippen molar-refractivity contribution in [1.29, 1.82) is 0 Å². The summed E-state index contributed by atoms with van der Waals surface area (Å²) < 4.78 is 5.10. The van der Waals surface area contributed by atoms with Crippen LogP contribution in [0.15, 0.2) is 53.4 Å². The average Bonchev–Trinajstić information content (AvgIpc) is 2.46. The van der Waals surface area contributed by atoms with Gasteiger partial charge in [-0.05, 0) is 42.0 Å². The molecule has 0 radical (unpaired) electrons. The molecular formula is C15H15ClO2S. The second-order valence-electron chi connectivity index (χ2n) is 4.05. The van der Waals surface area contributed by atoms with E-state index in [1.807, 2.05) is 36.4 Å². The Balaban J connectivity index is 1.92. The lowest BCUT2D eigenvalue weighted by atomic mass is 10.1. The largest absolute Gasteiger partial charge is 0.497 e. The zero-order chi connectivity index (χ0) is 13.7. The minimum Gasteiger partial charge on any atom is -0.497 e. The third-order valence-corrected chi connectivity index (χ3v) is 4.06. The Morgan fingerprint density at radius 1 is 1.11 bits per heavy atom. The average molecular weight is 295 g/mol. The second kappa shape index (κ2) is 6.85. The fourth-order valence-corrected chi connectivity index (χ4v) is 2.63. The maximum atomic E-state index is 10.1. The molecule has 0 bridgehead atoms. The lowest BCUT2D eigenvalue weighted by molar-refractivity contribution is 0.204. The highest BCUT2D eigenvalue weighted by Crippen LogP contribution is 2.26. The van der Waals surface area contributed by atoms with Gasteiger partial charge in [0.1, 0.15) is 5.75 Å². The first-order chi connectivity index (χ1) is 9.19. The van der Waals surface area contributed by atoms with E-state index in [-0.39, 0.29) is 0 Å². The van der Waals surface area contributed by atoms with Gasteiger partial charge in [-0.3, -0.25) is 0 Å². The van der Waals surface area contributed by atoms with Gasteiger partial charge < -0.3 is 9.84 Å². The fourth-order valence-electron chi connectivity index (χ4n) is 1.63. The maximum Gasteiger partial charge on any atom is 0.118 e. The maximum absolute atomic E-state index is 10.1. The molecule has 19 heavy (non-hydrogen) atoms. The van der Waals surface area contributed by atoms with E-state index in [0.717, 1.165) is 16.2 Å². The Hall–Kier alpha value is -1.16. The van der Waals surface area contributed by atoms with Crippen molar-refractivity contribution in [3.8, 4) is 5.75 Å². The summed E-state index contributed by atoms with van der Waals surface area (Å²) in [6, 6.07) is 15.1. The highest BCUT2D eigenvalue weighted by atomic mass is 35.5. The Kier molecular flexibility index (Phi) is 5.14. The molecule has 2 aromatic carbocycles. The number of ether oxygens (including phenoxy) is 1. The summed E-state index contributed by atoms with van der Waals surface area (Å²) in [5.41, 5.74) is 0.880.